The summed E-state index contributed by atoms with van der Waals surface area (Å²) >= 11 is 0. The second-order valence-electron chi connectivity index (χ2n) is 4.61. The lowest BCUT2D eigenvalue weighted by Gasteiger charge is -2.29. The molecule has 1 aliphatic heterocycles. The molecule has 0 saturated carbocycles. The first-order valence-corrected chi connectivity index (χ1v) is 6.86. The minimum Gasteiger partial charge on any atom is -0.484 e. The lowest BCUT2D eigenvalue weighted by Crippen LogP contribution is -2.43. The third-order valence-electron chi connectivity index (χ3n) is 3.13. The minimum atomic E-state index is -0.143. The van der Waals surface area contributed by atoms with E-state index in [2.05, 4.69) is 22.1 Å². The second-order valence-corrected chi connectivity index (χ2v) is 4.61. The summed E-state index contributed by atoms with van der Waals surface area (Å²) in [6.45, 7) is 8.10. The fourth-order valence-electron chi connectivity index (χ4n) is 2.06. The monoisotopic (exact) mass is 275 g/mol. The zero-order valence-electron chi connectivity index (χ0n) is 11.6. The number of carbonyl (C=O) groups excluding carboxylic acids is 1. The third kappa shape index (κ3) is 4.28. The van der Waals surface area contributed by atoms with Gasteiger partial charge in [0.2, 0.25) is 0 Å². The predicted octanol–water partition coefficient (Wildman–Crippen LogP) is 0.777. The van der Waals surface area contributed by atoms with Crippen LogP contribution in [0, 0.1) is 0 Å². The van der Waals surface area contributed by atoms with Crippen molar-refractivity contribution < 1.29 is 9.53 Å². The largest absolute Gasteiger partial charge is 0.484 e. The SMILES string of the molecule is C=CCNC(=O)COc1ccc(N2CCNCC2)cc1. The number of hydrogen-bond acceptors (Lipinski definition) is 4. The highest BCUT2D eigenvalue weighted by atomic mass is 16.5. The molecular formula is C15H21N3O2. The first kappa shape index (κ1) is 14.4. The highest BCUT2D eigenvalue weighted by molar-refractivity contribution is 5.77. The van der Waals surface area contributed by atoms with Crippen molar-refractivity contribution in [3.05, 3.63) is 36.9 Å². The highest BCUT2D eigenvalue weighted by Gasteiger charge is 2.10. The van der Waals surface area contributed by atoms with E-state index in [0.717, 1.165) is 26.2 Å². The molecule has 5 nitrogen and oxygen atoms in total. The molecule has 0 spiro atoms. The van der Waals surface area contributed by atoms with E-state index in [4.69, 9.17) is 4.74 Å². The van der Waals surface area contributed by atoms with Crippen LogP contribution in [0.3, 0.4) is 0 Å². The van der Waals surface area contributed by atoms with Crippen molar-refractivity contribution in [2.45, 2.75) is 0 Å². The summed E-state index contributed by atoms with van der Waals surface area (Å²) in [6, 6.07) is 7.86. The van der Waals surface area contributed by atoms with E-state index in [9.17, 15) is 4.79 Å². The molecule has 0 unspecified atom stereocenters. The summed E-state index contributed by atoms with van der Waals surface area (Å²) in [7, 11) is 0. The van der Waals surface area contributed by atoms with Crippen LogP contribution >= 0.6 is 0 Å². The number of carbonyl (C=O) groups is 1. The van der Waals surface area contributed by atoms with Gasteiger partial charge in [-0.1, -0.05) is 6.08 Å². The molecule has 0 radical (unpaired) electrons. The molecule has 1 aromatic carbocycles. The van der Waals surface area contributed by atoms with Crippen LogP contribution in [0.4, 0.5) is 5.69 Å². The van der Waals surface area contributed by atoms with Gasteiger partial charge in [-0.3, -0.25) is 4.79 Å². The average Bonchev–Trinajstić information content (AvgIpc) is 2.52. The summed E-state index contributed by atoms with van der Waals surface area (Å²) in [4.78, 5) is 13.7. The maximum Gasteiger partial charge on any atom is 0.258 e. The quantitative estimate of drug-likeness (QED) is 0.753. The molecule has 1 aliphatic rings. The van der Waals surface area contributed by atoms with Crippen molar-refractivity contribution in [1.29, 1.82) is 0 Å². The van der Waals surface area contributed by atoms with Gasteiger partial charge < -0.3 is 20.3 Å². The zero-order valence-corrected chi connectivity index (χ0v) is 11.6. The van der Waals surface area contributed by atoms with Crippen LogP contribution in [0.15, 0.2) is 36.9 Å². The lowest BCUT2D eigenvalue weighted by atomic mass is 10.2. The Kier molecular flexibility index (Phi) is 5.43. The van der Waals surface area contributed by atoms with Gasteiger partial charge in [-0.15, -0.1) is 6.58 Å². The number of nitrogens with zero attached hydrogens (tertiary/aromatic N) is 1. The summed E-state index contributed by atoms with van der Waals surface area (Å²) < 4.78 is 5.43. The molecule has 1 saturated heterocycles. The standard InChI is InChI=1S/C15H21N3O2/c1-2-7-17-15(19)12-20-14-5-3-13(4-6-14)18-10-8-16-9-11-18/h2-6,16H,1,7-12H2,(H,17,19). The van der Waals surface area contributed by atoms with E-state index in [1.807, 2.05) is 24.3 Å². The molecule has 0 bridgehead atoms. The van der Waals surface area contributed by atoms with Crippen molar-refractivity contribution >= 4 is 11.6 Å². The van der Waals surface area contributed by atoms with E-state index in [-0.39, 0.29) is 12.5 Å². The Morgan fingerprint density at radius 2 is 2.05 bits per heavy atom. The van der Waals surface area contributed by atoms with Gasteiger partial charge >= 0.3 is 0 Å². The summed E-state index contributed by atoms with van der Waals surface area (Å²) in [5.74, 6) is 0.564. The van der Waals surface area contributed by atoms with Crippen LogP contribution in [0.2, 0.25) is 0 Å². The van der Waals surface area contributed by atoms with Crippen LogP contribution in [0.5, 0.6) is 5.75 Å². The maximum absolute atomic E-state index is 11.4. The van der Waals surface area contributed by atoms with E-state index >= 15 is 0 Å². The Hall–Kier alpha value is -2.01. The zero-order chi connectivity index (χ0) is 14.2. The number of piperazine rings is 1. The molecule has 5 heteroatoms. The molecule has 108 valence electrons. The number of amides is 1. The second kappa shape index (κ2) is 7.55. The van der Waals surface area contributed by atoms with Crippen molar-refractivity contribution in [2.75, 3.05) is 44.2 Å². The normalized spacial score (nSPS) is 14.7. The average molecular weight is 275 g/mol. The summed E-state index contributed by atoms with van der Waals surface area (Å²) in [5, 5.41) is 6.00. The van der Waals surface area contributed by atoms with Crippen LogP contribution in [0.1, 0.15) is 0 Å². The van der Waals surface area contributed by atoms with E-state index < -0.39 is 0 Å². The van der Waals surface area contributed by atoms with Crippen molar-refractivity contribution in [3.8, 4) is 5.75 Å². The molecule has 1 fully saturated rings. The topological polar surface area (TPSA) is 53.6 Å². The molecule has 1 heterocycles. The van der Waals surface area contributed by atoms with Crippen molar-refractivity contribution in [2.24, 2.45) is 0 Å². The molecular weight excluding hydrogens is 254 g/mol. The number of ether oxygens (including phenoxy) is 1. The Morgan fingerprint density at radius 3 is 2.70 bits per heavy atom. The Labute approximate surface area is 119 Å². The molecule has 0 aliphatic carbocycles. The van der Waals surface area contributed by atoms with E-state index in [1.54, 1.807) is 6.08 Å². The Bertz CT molecular complexity index is 439. The third-order valence-corrected chi connectivity index (χ3v) is 3.13. The number of rotatable bonds is 6. The Morgan fingerprint density at radius 1 is 1.35 bits per heavy atom. The molecule has 0 atom stereocenters. The smallest absolute Gasteiger partial charge is 0.258 e. The molecule has 1 amide bonds. The first-order chi connectivity index (χ1) is 9.79. The molecule has 20 heavy (non-hydrogen) atoms. The van der Waals surface area contributed by atoms with Gasteiger partial charge in [0.15, 0.2) is 6.61 Å². The molecule has 0 aromatic heterocycles. The van der Waals surface area contributed by atoms with Gasteiger partial charge in [-0.25, -0.2) is 0 Å². The summed E-state index contributed by atoms with van der Waals surface area (Å²) in [6.07, 6.45) is 1.64. The Balaban J connectivity index is 1.81. The van der Waals surface area contributed by atoms with Crippen LogP contribution < -0.4 is 20.3 Å². The van der Waals surface area contributed by atoms with Crippen molar-refractivity contribution in [3.63, 3.8) is 0 Å². The van der Waals surface area contributed by atoms with Gasteiger partial charge in [-0.05, 0) is 24.3 Å². The van der Waals surface area contributed by atoms with Crippen LogP contribution in [-0.2, 0) is 4.79 Å². The van der Waals surface area contributed by atoms with Gasteiger partial charge in [0, 0.05) is 38.4 Å². The number of nitrogens with one attached hydrogen (secondary N) is 2. The van der Waals surface area contributed by atoms with Gasteiger partial charge in [0.25, 0.3) is 5.91 Å². The maximum atomic E-state index is 11.4. The van der Waals surface area contributed by atoms with E-state index in [1.165, 1.54) is 5.69 Å². The first-order valence-electron chi connectivity index (χ1n) is 6.86. The minimum absolute atomic E-state index is 0.0286. The van der Waals surface area contributed by atoms with Crippen LogP contribution in [-0.4, -0.2) is 45.2 Å². The summed E-state index contributed by atoms with van der Waals surface area (Å²) in [5.41, 5.74) is 1.19. The number of benzene rings is 1. The van der Waals surface area contributed by atoms with Gasteiger partial charge in [0.1, 0.15) is 5.75 Å². The molecule has 2 N–H and O–H groups in total. The number of anilines is 1. The molecule has 2 rings (SSSR count). The van der Waals surface area contributed by atoms with Crippen LogP contribution in [0.25, 0.3) is 0 Å². The van der Waals surface area contributed by atoms with Gasteiger partial charge in [0.05, 0.1) is 0 Å². The fraction of sp³-hybridized carbons (Fsp3) is 0.400. The fourth-order valence-corrected chi connectivity index (χ4v) is 2.06. The van der Waals surface area contributed by atoms with E-state index in [0.29, 0.717) is 12.3 Å². The van der Waals surface area contributed by atoms with Crippen molar-refractivity contribution in [1.82, 2.24) is 10.6 Å². The predicted molar refractivity (Wildman–Crippen MR) is 80.2 cm³/mol. The lowest BCUT2D eigenvalue weighted by molar-refractivity contribution is -0.122. The highest BCUT2D eigenvalue weighted by Crippen LogP contribution is 2.19. The number of hydrogen-bond donors (Lipinski definition) is 2. The van der Waals surface area contributed by atoms with Gasteiger partial charge in [-0.2, -0.15) is 0 Å². The molecule has 1 aromatic rings.